The molecule has 3 rings (SSSR count). The quantitative estimate of drug-likeness (QED) is 0.728. The zero-order valence-corrected chi connectivity index (χ0v) is 14.1. The Morgan fingerprint density at radius 2 is 1.68 bits per heavy atom. The summed E-state index contributed by atoms with van der Waals surface area (Å²) in [5.41, 5.74) is 3.93. The lowest BCUT2D eigenvalue weighted by molar-refractivity contribution is 0.0963. The highest BCUT2D eigenvalue weighted by molar-refractivity contribution is 5.93. The van der Waals surface area contributed by atoms with E-state index >= 15 is 0 Å². The number of hydrogen-bond donors (Lipinski definition) is 2. The van der Waals surface area contributed by atoms with Gasteiger partial charge in [-0.25, -0.2) is 0 Å². The monoisotopic (exact) mass is 331 g/mol. The smallest absolute Gasteiger partial charge is 0.251 e. The van der Waals surface area contributed by atoms with Crippen molar-refractivity contribution in [3.05, 3.63) is 101 Å². The molecule has 1 amide bonds. The molecule has 0 saturated carbocycles. The first-order valence-corrected chi connectivity index (χ1v) is 8.28. The maximum absolute atomic E-state index is 11.6. The molecule has 2 N–H and O–H groups in total. The Balaban J connectivity index is 1.76. The number of carbonyl (C=O) groups excluding carboxylic acids is 1. The maximum atomic E-state index is 11.6. The molecule has 3 aromatic rings. The molecule has 0 fully saturated rings. The van der Waals surface area contributed by atoms with E-state index in [9.17, 15) is 4.79 Å². The minimum absolute atomic E-state index is 0.0148. The van der Waals surface area contributed by atoms with Gasteiger partial charge >= 0.3 is 0 Å². The van der Waals surface area contributed by atoms with Gasteiger partial charge in [-0.15, -0.1) is 0 Å². The Morgan fingerprint density at radius 3 is 2.32 bits per heavy atom. The lowest BCUT2D eigenvalue weighted by atomic mass is 10.0. The van der Waals surface area contributed by atoms with Crippen molar-refractivity contribution >= 4 is 5.91 Å². The summed E-state index contributed by atoms with van der Waals surface area (Å²) < 4.78 is 0. The second-order valence-electron chi connectivity index (χ2n) is 5.76. The average Bonchev–Trinajstić information content (AvgIpc) is 2.70. The molecule has 0 aliphatic carbocycles. The van der Waals surface area contributed by atoms with E-state index in [4.69, 9.17) is 0 Å². The molecule has 4 nitrogen and oxygen atoms in total. The van der Waals surface area contributed by atoms with Gasteiger partial charge < -0.3 is 10.6 Å². The largest absolute Gasteiger partial charge is 0.355 e. The van der Waals surface area contributed by atoms with Crippen LogP contribution in [0.1, 0.15) is 33.2 Å². The van der Waals surface area contributed by atoms with Crippen LogP contribution in [0.4, 0.5) is 0 Å². The molecule has 0 aliphatic rings. The van der Waals surface area contributed by atoms with Crippen LogP contribution in [-0.2, 0) is 6.54 Å². The summed E-state index contributed by atoms with van der Waals surface area (Å²) in [7, 11) is 1.63. The van der Waals surface area contributed by atoms with Crippen LogP contribution in [0.15, 0.2) is 79.0 Å². The molecule has 1 atom stereocenters. The van der Waals surface area contributed by atoms with E-state index in [-0.39, 0.29) is 11.9 Å². The standard InChI is InChI=1S/C21H21N3O/c1-22-21(25)18-12-10-16(11-13-18)15-24-20(17-7-3-2-4-8-17)19-9-5-6-14-23-19/h2-14,20,24H,15H2,1H3,(H,22,25). The Bertz CT molecular complexity index is 762. The zero-order chi connectivity index (χ0) is 17.5. The summed E-state index contributed by atoms with van der Waals surface area (Å²) in [6.45, 7) is 0.685. The molecule has 126 valence electrons. The summed E-state index contributed by atoms with van der Waals surface area (Å²) in [6.07, 6.45) is 1.81. The van der Waals surface area contributed by atoms with E-state index in [2.05, 4.69) is 27.8 Å². The fourth-order valence-corrected chi connectivity index (χ4v) is 2.72. The molecule has 4 heteroatoms. The van der Waals surface area contributed by atoms with Gasteiger partial charge in [0.15, 0.2) is 0 Å². The number of hydrogen-bond acceptors (Lipinski definition) is 3. The van der Waals surface area contributed by atoms with Crippen LogP contribution in [0, 0.1) is 0 Å². The van der Waals surface area contributed by atoms with Crippen LogP contribution < -0.4 is 10.6 Å². The highest BCUT2D eigenvalue weighted by atomic mass is 16.1. The summed E-state index contributed by atoms with van der Waals surface area (Å²) >= 11 is 0. The molecule has 0 bridgehead atoms. The van der Waals surface area contributed by atoms with Crippen molar-refractivity contribution in [3.63, 3.8) is 0 Å². The first-order chi connectivity index (χ1) is 12.3. The number of benzene rings is 2. The van der Waals surface area contributed by atoms with Gasteiger partial charge in [0.2, 0.25) is 0 Å². The van der Waals surface area contributed by atoms with Gasteiger partial charge in [-0.1, -0.05) is 48.5 Å². The van der Waals surface area contributed by atoms with Gasteiger partial charge in [-0.3, -0.25) is 9.78 Å². The van der Waals surface area contributed by atoms with Gasteiger partial charge in [-0.2, -0.15) is 0 Å². The number of nitrogens with zero attached hydrogens (tertiary/aromatic N) is 1. The van der Waals surface area contributed by atoms with Crippen molar-refractivity contribution in [3.8, 4) is 0 Å². The molecule has 0 saturated heterocycles. The maximum Gasteiger partial charge on any atom is 0.251 e. The predicted octanol–water partition coefficient (Wildman–Crippen LogP) is 3.32. The van der Waals surface area contributed by atoms with Crippen molar-refractivity contribution in [1.82, 2.24) is 15.6 Å². The number of carbonyl (C=O) groups is 1. The second-order valence-corrected chi connectivity index (χ2v) is 5.76. The van der Waals surface area contributed by atoms with E-state index in [0.29, 0.717) is 12.1 Å². The fraction of sp³-hybridized carbons (Fsp3) is 0.143. The van der Waals surface area contributed by atoms with Crippen molar-refractivity contribution in [1.29, 1.82) is 0 Å². The average molecular weight is 331 g/mol. The van der Waals surface area contributed by atoms with E-state index < -0.39 is 0 Å². The second kappa shape index (κ2) is 8.22. The van der Waals surface area contributed by atoms with Crippen molar-refractivity contribution in [2.24, 2.45) is 0 Å². The third-order valence-corrected chi connectivity index (χ3v) is 4.07. The molecule has 0 aliphatic heterocycles. The summed E-state index contributed by atoms with van der Waals surface area (Å²) in [5.74, 6) is -0.0739. The Morgan fingerprint density at radius 1 is 0.960 bits per heavy atom. The van der Waals surface area contributed by atoms with Crippen LogP contribution in [0.3, 0.4) is 0 Å². The van der Waals surface area contributed by atoms with Gasteiger partial charge in [-0.05, 0) is 35.4 Å². The lowest BCUT2D eigenvalue weighted by Crippen LogP contribution is -2.23. The normalized spacial score (nSPS) is 11.7. The molecule has 25 heavy (non-hydrogen) atoms. The number of nitrogens with one attached hydrogen (secondary N) is 2. The van der Waals surface area contributed by atoms with Gasteiger partial charge in [0.05, 0.1) is 11.7 Å². The molecule has 1 aromatic heterocycles. The topological polar surface area (TPSA) is 54.0 Å². The Labute approximate surface area is 147 Å². The molecule has 0 spiro atoms. The lowest BCUT2D eigenvalue weighted by Gasteiger charge is -2.19. The number of rotatable bonds is 6. The molecular formula is C21H21N3O. The summed E-state index contributed by atoms with van der Waals surface area (Å²) in [4.78, 5) is 16.1. The Hall–Kier alpha value is -2.98. The van der Waals surface area contributed by atoms with Crippen molar-refractivity contribution in [2.75, 3.05) is 7.05 Å². The van der Waals surface area contributed by atoms with Gasteiger partial charge in [0.25, 0.3) is 5.91 Å². The number of amides is 1. The zero-order valence-electron chi connectivity index (χ0n) is 14.1. The number of pyridine rings is 1. The third kappa shape index (κ3) is 4.31. The molecule has 1 unspecified atom stereocenters. The molecule has 1 heterocycles. The first kappa shape index (κ1) is 16.9. The van der Waals surface area contributed by atoms with E-state index in [1.807, 2.05) is 66.9 Å². The van der Waals surface area contributed by atoms with Crippen molar-refractivity contribution in [2.45, 2.75) is 12.6 Å². The molecule has 2 aromatic carbocycles. The Kier molecular flexibility index (Phi) is 5.54. The SMILES string of the molecule is CNC(=O)c1ccc(CNC(c2ccccc2)c2ccccn2)cc1. The van der Waals surface area contributed by atoms with E-state index in [1.165, 1.54) is 5.56 Å². The summed E-state index contributed by atoms with van der Waals surface area (Å²) in [6, 6.07) is 23.9. The fourth-order valence-electron chi connectivity index (χ4n) is 2.72. The van der Waals surface area contributed by atoms with Gasteiger partial charge in [0, 0.05) is 25.4 Å². The molecular weight excluding hydrogens is 310 g/mol. The minimum atomic E-state index is -0.0739. The van der Waals surface area contributed by atoms with Crippen LogP contribution in [-0.4, -0.2) is 17.9 Å². The predicted molar refractivity (Wildman–Crippen MR) is 99.2 cm³/mol. The number of aromatic nitrogens is 1. The third-order valence-electron chi connectivity index (χ3n) is 4.07. The van der Waals surface area contributed by atoms with Crippen molar-refractivity contribution < 1.29 is 4.79 Å². The first-order valence-electron chi connectivity index (χ1n) is 8.28. The highest BCUT2D eigenvalue weighted by Crippen LogP contribution is 2.20. The molecule has 0 radical (unpaired) electrons. The minimum Gasteiger partial charge on any atom is -0.355 e. The highest BCUT2D eigenvalue weighted by Gasteiger charge is 2.14. The van der Waals surface area contributed by atoms with Crippen LogP contribution in [0.5, 0.6) is 0 Å². The van der Waals surface area contributed by atoms with E-state index in [1.54, 1.807) is 7.05 Å². The summed E-state index contributed by atoms with van der Waals surface area (Å²) in [5, 5.41) is 6.20. The van der Waals surface area contributed by atoms with Crippen LogP contribution >= 0.6 is 0 Å². The van der Waals surface area contributed by atoms with Crippen LogP contribution in [0.2, 0.25) is 0 Å². The van der Waals surface area contributed by atoms with Gasteiger partial charge in [0.1, 0.15) is 0 Å². The van der Waals surface area contributed by atoms with Crippen LogP contribution in [0.25, 0.3) is 0 Å². The van der Waals surface area contributed by atoms with E-state index in [0.717, 1.165) is 11.3 Å².